The van der Waals surface area contributed by atoms with Crippen LogP contribution in [0.25, 0.3) is 0 Å². The van der Waals surface area contributed by atoms with E-state index in [0.29, 0.717) is 18.8 Å². The van der Waals surface area contributed by atoms with Crippen molar-refractivity contribution in [3.8, 4) is 11.5 Å². The van der Waals surface area contributed by atoms with Crippen LogP contribution in [0.1, 0.15) is 17.4 Å². The molecule has 0 radical (unpaired) electrons. The fourth-order valence-electron chi connectivity index (χ4n) is 2.48. The maximum absolute atomic E-state index is 5.98. The molecule has 2 rings (SSSR count). The summed E-state index contributed by atoms with van der Waals surface area (Å²) in [6.07, 6.45) is 1.67. The van der Waals surface area contributed by atoms with Gasteiger partial charge in [-0.25, -0.2) is 0 Å². The van der Waals surface area contributed by atoms with E-state index in [-0.39, 0.29) is 6.04 Å². The molecule has 0 spiro atoms. The molecule has 2 aromatic rings. The van der Waals surface area contributed by atoms with Crippen molar-refractivity contribution in [2.24, 2.45) is 5.73 Å². The highest BCUT2D eigenvalue weighted by Gasteiger charge is 2.22. The van der Waals surface area contributed by atoms with Gasteiger partial charge in [-0.05, 0) is 25.2 Å². The topological polar surface area (TPSA) is 60.9 Å². The van der Waals surface area contributed by atoms with E-state index in [1.165, 1.54) is 0 Å². The van der Waals surface area contributed by atoms with Crippen molar-refractivity contribution in [3.63, 3.8) is 0 Å². The van der Waals surface area contributed by atoms with Gasteiger partial charge in [0, 0.05) is 12.1 Å². The fraction of sp³-hybridized carbons (Fsp3) is 0.375. The second-order valence-electron chi connectivity index (χ2n) is 4.83. The zero-order valence-electron chi connectivity index (χ0n) is 12.7. The minimum atomic E-state index is 0.0140. The maximum Gasteiger partial charge on any atom is 0.165 e. The Morgan fingerprint density at radius 2 is 2.00 bits per heavy atom. The van der Waals surface area contributed by atoms with Gasteiger partial charge in [0.2, 0.25) is 0 Å². The van der Waals surface area contributed by atoms with Gasteiger partial charge in [0.1, 0.15) is 5.76 Å². The van der Waals surface area contributed by atoms with Gasteiger partial charge in [-0.1, -0.05) is 12.1 Å². The largest absolute Gasteiger partial charge is 0.493 e. The molecule has 0 bridgehead atoms. The van der Waals surface area contributed by atoms with Crippen LogP contribution in [0.4, 0.5) is 0 Å². The first-order valence-electron chi connectivity index (χ1n) is 6.84. The molecule has 0 aliphatic rings. The first-order chi connectivity index (χ1) is 10.2. The van der Waals surface area contributed by atoms with Crippen LogP contribution >= 0.6 is 0 Å². The average Bonchev–Trinajstić information content (AvgIpc) is 3.00. The molecule has 5 nitrogen and oxygen atoms in total. The summed E-state index contributed by atoms with van der Waals surface area (Å²) >= 11 is 0. The number of methoxy groups -OCH3 is 2. The molecule has 0 fully saturated rings. The summed E-state index contributed by atoms with van der Waals surface area (Å²) in [5.41, 5.74) is 6.99. The fourth-order valence-corrected chi connectivity index (χ4v) is 2.48. The SMILES string of the molecule is COc1cccc(C(CN)N(C)Cc2ccco2)c1OC. The Bertz CT molecular complexity index is 555. The van der Waals surface area contributed by atoms with Gasteiger partial charge < -0.3 is 19.6 Å². The predicted molar refractivity (Wildman–Crippen MR) is 81.5 cm³/mol. The van der Waals surface area contributed by atoms with Gasteiger partial charge in [-0.15, -0.1) is 0 Å². The van der Waals surface area contributed by atoms with Crippen LogP contribution in [0.5, 0.6) is 11.5 Å². The molecule has 1 aromatic heterocycles. The number of ether oxygens (including phenoxy) is 2. The third-order valence-electron chi connectivity index (χ3n) is 3.53. The zero-order chi connectivity index (χ0) is 15.2. The monoisotopic (exact) mass is 290 g/mol. The van der Waals surface area contributed by atoms with Crippen LogP contribution in [0.15, 0.2) is 41.0 Å². The molecular weight excluding hydrogens is 268 g/mol. The molecule has 1 unspecified atom stereocenters. The molecule has 0 saturated heterocycles. The third kappa shape index (κ3) is 3.37. The first kappa shape index (κ1) is 15.4. The van der Waals surface area contributed by atoms with Crippen LogP contribution in [-0.2, 0) is 6.54 Å². The normalized spacial score (nSPS) is 12.4. The lowest BCUT2D eigenvalue weighted by Crippen LogP contribution is -2.30. The van der Waals surface area contributed by atoms with E-state index in [1.807, 2.05) is 37.4 Å². The molecule has 5 heteroatoms. The number of likely N-dealkylation sites (N-methyl/N-ethyl adjacent to an activating group) is 1. The van der Waals surface area contributed by atoms with Crippen molar-refractivity contribution in [1.82, 2.24) is 4.90 Å². The zero-order valence-corrected chi connectivity index (χ0v) is 12.7. The Morgan fingerprint density at radius 3 is 2.57 bits per heavy atom. The van der Waals surface area contributed by atoms with Gasteiger partial charge in [-0.3, -0.25) is 4.90 Å². The van der Waals surface area contributed by atoms with Gasteiger partial charge >= 0.3 is 0 Å². The number of nitrogens with zero attached hydrogens (tertiary/aromatic N) is 1. The van der Waals surface area contributed by atoms with Crippen LogP contribution in [0.3, 0.4) is 0 Å². The second kappa shape index (κ2) is 7.15. The van der Waals surface area contributed by atoms with Crippen LogP contribution < -0.4 is 15.2 Å². The van der Waals surface area contributed by atoms with Crippen molar-refractivity contribution in [2.45, 2.75) is 12.6 Å². The lowest BCUT2D eigenvalue weighted by atomic mass is 10.0. The van der Waals surface area contributed by atoms with Crippen molar-refractivity contribution in [2.75, 3.05) is 27.8 Å². The number of para-hydroxylation sites is 1. The summed E-state index contributed by atoms with van der Waals surface area (Å²) in [7, 11) is 5.28. The Kier molecular flexibility index (Phi) is 5.25. The number of hydrogen-bond donors (Lipinski definition) is 1. The number of rotatable bonds is 7. The van der Waals surface area contributed by atoms with E-state index in [9.17, 15) is 0 Å². The summed E-state index contributed by atoms with van der Waals surface area (Å²) in [5.74, 6) is 2.33. The summed E-state index contributed by atoms with van der Waals surface area (Å²) in [4.78, 5) is 2.14. The summed E-state index contributed by atoms with van der Waals surface area (Å²) in [6, 6.07) is 9.68. The Balaban J connectivity index is 2.28. The average molecular weight is 290 g/mol. The summed E-state index contributed by atoms with van der Waals surface area (Å²) in [5, 5.41) is 0. The van der Waals surface area contributed by atoms with E-state index in [0.717, 1.165) is 17.1 Å². The molecule has 21 heavy (non-hydrogen) atoms. The standard InChI is InChI=1S/C16H22N2O3/c1-18(11-12-6-5-9-21-12)14(10-17)13-7-4-8-15(19-2)16(13)20-3/h4-9,14H,10-11,17H2,1-3H3. The van der Waals surface area contributed by atoms with E-state index in [1.54, 1.807) is 20.5 Å². The molecule has 1 heterocycles. The lowest BCUT2D eigenvalue weighted by molar-refractivity contribution is 0.217. The first-order valence-corrected chi connectivity index (χ1v) is 6.84. The van der Waals surface area contributed by atoms with Crippen LogP contribution in [0, 0.1) is 0 Å². The van der Waals surface area contributed by atoms with Crippen molar-refractivity contribution < 1.29 is 13.9 Å². The van der Waals surface area contributed by atoms with E-state index >= 15 is 0 Å². The van der Waals surface area contributed by atoms with Gasteiger partial charge in [0.05, 0.1) is 33.1 Å². The predicted octanol–water partition coefficient (Wildman–Crippen LogP) is 2.43. The summed E-state index contributed by atoms with van der Waals surface area (Å²) < 4.78 is 16.3. The van der Waals surface area contributed by atoms with Gasteiger partial charge in [-0.2, -0.15) is 0 Å². The number of benzene rings is 1. The molecule has 0 saturated carbocycles. The van der Waals surface area contributed by atoms with E-state index < -0.39 is 0 Å². The van der Waals surface area contributed by atoms with Crippen LogP contribution in [0.2, 0.25) is 0 Å². The van der Waals surface area contributed by atoms with Gasteiger partial charge in [0.15, 0.2) is 11.5 Å². The molecule has 0 aliphatic carbocycles. The number of nitrogens with two attached hydrogens (primary N) is 1. The lowest BCUT2D eigenvalue weighted by Gasteiger charge is -2.28. The highest BCUT2D eigenvalue weighted by Crippen LogP contribution is 2.36. The van der Waals surface area contributed by atoms with Crippen molar-refractivity contribution >= 4 is 0 Å². The van der Waals surface area contributed by atoms with Gasteiger partial charge in [0.25, 0.3) is 0 Å². The van der Waals surface area contributed by atoms with Crippen molar-refractivity contribution in [3.05, 3.63) is 47.9 Å². The number of furan rings is 1. The van der Waals surface area contributed by atoms with Crippen LogP contribution in [-0.4, -0.2) is 32.7 Å². The highest BCUT2D eigenvalue weighted by atomic mass is 16.5. The molecule has 0 aliphatic heterocycles. The quantitative estimate of drug-likeness (QED) is 0.848. The molecule has 1 aromatic carbocycles. The second-order valence-corrected chi connectivity index (χ2v) is 4.83. The number of hydrogen-bond acceptors (Lipinski definition) is 5. The van der Waals surface area contributed by atoms with E-state index in [2.05, 4.69) is 4.90 Å². The van der Waals surface area contributed by atoms with E-state index in [4.69, 9.17) is 19.6 Å². The molecule has 2 N–H and O–H groups in total. The minimum absolute atomic E-state index is 0.0140. The molecular formula is C16H22N2O3. The smallest absolute Gasteiger partial charge is 0.165 e. The third-order valence-corrected chi connectivity index (χ3v) is 3.53. The Morgan fingerprint density at radius 1 is 1.19 bits per heavy atom. The molecule has 114 valence electrons. The van der Waals surface area contributed by atoms with Crippen molar-refractivity contribution in [1.29, 1.82) is 0 Å². The Labute approximate surface area is 125 Å². The summed E-state index contributed by atoms with van der Waals surface area (Å²) in [6.45, 7) is 1.15. The highest BCUT2D eigenvalue weighted by molar-refractivity contribution is 5.48. The minimum Gasteiger partial charge on any atom is -0.493 e. The molecule has 0 amide bonds. The Hall–Kier alpha value is -1.98. The maximum atomic E-state index is 5.98. The molecule has 1 atom stereocenters.